The van der Waals surface area contributed by atoms with Crippen molar-refractivity contribution in [1.82, 2.24) is 0 Å². The number of rotatable bonds is 5. The molecule has 0 aliphatic heterocycles. The summed E-state index contributed by atoms with van der Waals surface area (Å²) in [6, 6.07) is 11.3. The van der Waals surface area contributed by atoms with Gasteiger partial charge < -0.3 is 10.4 Å². The van der Waals surface area contributed by atoms with Crippen LogP contribution < -0.4 is 5.32 Å². The van der Waals surface area contributed by atoms with Crippen molar-refractivity contribution in [2.75, 3.05) is 11.9 Å². The minimum absolute atomic E-state index is 0.233. The van der Waals surface area contributed by atoms with Crippen LogP contribution in [0.4, 0.5) is 14.5 Å². The molecule has 1 unspecified atom stereocenters. The van der Waals surface area contributed by atoms with E-state index in [1.165, 1.54) is 11.6 Å². The number of aliphatic hydroxyl groups is 1. The van der Waals surface area contributed by atoms with Gasteiger partial charge in [0.2, 0.25) is 0 Å². The molecule has 0 aromatic heterocycles. The first-order valence-electron chi connectivity index (χ1n) is 6.56. The predicted octanol–water partition coefficient (Wildman–Crippen LogP) is 3.67. The SMILES string of the molecule is CCc1ccc(NCC(O)c2ccc(F)c(F)c2)cc1. The van der Waals surface area contributed by atoms with Gasteiger partial charge in [-0.2, -0.15) is 0 Å². The van der Waals surface area contributed by atoms with Crippen molar-refractivity contribution in [2.24, 2.45) is 0 Å². The normalized spacial score (nSPS) is 12.2. The molecule has 1 atom stereocenters. The van der Waals surface area contributed by atoms with Gasteiger partial charge in [0, 0.05) is 12.2 Å². The quantitative estimate of drug-likeness (QED) is 0.874. The lowest BCUT2D eigenvalue weighted by Gasteiger charge is -2.13. The summed E-state index contributed by atoms with van der Waals surface area (Å²) in [5, 5.41) is 13.0. The number of aliphatic hydroxyl groups excluding tert-OH is 1. The van der Waals surface area contributed by atoms with E-state index >= 15 is 0 Å². The standard InChI is InChI=1S/C16H17F2NO/c1-2-11-3-6-13(7-4-11)19-10-16(20)12-5-8-14(17)15(18)9-12/h3-9,16,19-20H,2,10H2,1H3. The van der Waals surface area contributed by atoms with E-state index in [1.807, 2.05) is 24.3 Å². The number of halogens is 2. The Balaban J connectivity index is 1.96. The van der Waals surface area contributed by atoms with E-state index in [9.17, 15) is 13.9 Å². The minimum atomic E-state index is -0.950. The van der Waals surface area contributed by atoms with Gasteiger partial charge in [-0.3, -0.25) is 0 Å². The molecule has 106 valence electrons. The van der Waals surface area contributed by atoms with Gasteiger partial charge in [-0.05, 0) is 41.8 Å². The van der Waals surface area contributed by atoms with Crippen LogP contribution in [0, 0.1) is 11.6 Å². The Morgan fingerprint density at radius 3 is 2.35 bits per heavy atom. The molecule has 0 spiro atoms. The van der Waals surface area contributed by atoms with Crippen molar-refractivity contribution < 1.29 is 13.9 Å². The Labute approximate surface area is 117 Å². The summed E-state index contributed by atoms with van der Waals surface area (Å²) in [6.45, 7) is 2.31. The molecule has 0 aliphatic rings. The number of anilines is 1. The van der Waals surface area contributed by atoms with E-state index in [2.05, 4.69) is 12.2 Å². The van der Waals surface area contributed by atoms with E-state index < -0.39 is 17.7 Å². The van der Waals surface area contributed by atoms with Crippen molar-refractivity contribution >= 4 is 5.69 Å². The number of aryl methyl sites for hydroxylation is 1. The Morgan fingerprint density at radius 2 is 1.75 bits per heavy atom. The molecule has 0 heterocycles. The average Bonchev–Trinajstić information content (AvgIpc) is 2.48. The maximum Gasteiger partial charge on any atom is 0.159 e. The maximum atomic E-state index is 13.1. The lowest BCUT2D eigenvalue weighted by atomic mass is 10.1. The Kier molecular flexibility index (Phi) is 4.69. The molecule has 0 radical (unpaired) electrons. The van der Waals surface area contributed by atoms with E-state index in [-0.39, 0.29) is 6.54 Å². The summed E-state index contributed by atoms with van der Waals surface area (Å²) in [5.41, 5.74) is 2.46. The minimum Gasteiger partial charge on any atom is -0.387 e. The fourth-order valence-electron chi connectivity index (χ4n) is 1.91. The van der Waals surface area contributed by atoms with Gasteiger partial charge in [0.15, 0.2) is 11.6 Å². The summed E-state index contributed by atoms with van der Waals surface area (Å²) in [5.74, 6) is -1.86. The predicted molar refractivity (Wildman–Crippen MR) is 75.6 cm³/mol. The van der Waals surface area contributed by atoms with Crippen LogP contribution in [0.25, 0.3) is 0 Å². The highest BCUT2D eigenvalue weighted by molar-refractivity contribution is 5.45. The summed E-state index contributed by atoms with van der Waals surface area (Å²) >= 11 is 0. The Hall–Kier alpha value is -1.94. The first kappa shape index (κ1) is 14.5. The van der Waals surface area contributed by atoms with Gasteiger partial charge in [-0.25, -0.2) is 8.78 Å². The third kappa shape index (κ3) is 3.54. The highest BCUT2D eigenvalue weighted by atomic mass is 19.2. The highest BCUT2D eigenvalue weighted by Gasteiger charge is 2.10. The van der Waals surface area contributed by atoms with E-state index in [1.54, 1.807) is 0 Å². The monoisotopic (exact) mass is 277 g/mol. The summed E-state index contributed by atoms with van der Waals surface area (Å²) in [6.07, 6.45) is 0.0774. The highest BCUT2D eigenvalue weighted by Crippen LogP contribution is 2.17. The largest absolute Gasteiger partial charge is 0.387 e. The van der Waals surface area contributed by atoms with Crippen molar-refractivity contribution in [1.29, 1.82) is 0 Å². The zero-order valence-corrected chi connectivity index (χ0v) is 11.2. The fraction of sp³-hybridized carbons (Fsp3) is 0.250. The smallest absolute Gasteiger partial charge is 0.159 e. The van der Waals surface area contributed by atoms with Crippen LogP contribution in [0.15, 0.2) is 42.5 Å². The Morgan fingerprint density at radius 1 is 1.05 bits per heavy atom. The topological polar surface area (TPSA) is 32.3 Å². The van der Waals surface area contributed by atoms with Gasteiger partial charge in [0.05, 0.1) is 6.10 Å². The molecule has 2 aromatic carbocycles. The number of nitrogens with one attached hydrogen (secondary N) is 1. The van der Waals surface area contributed by atoms with Crippen LogP contribution in [0.1, 0.15) is 24.2 Å². The number of hydrogen-bond donors (Lipinski definition) is 2. The van der Waals surface area contributed by atoms with E-state index in [0.717, 1.165) is 24.2 Å². The average molecular weight is 277 g/mol. The number of benzene rings is 2. The third-order valence-electron chi connectivity index (χ3n) is 3.19. The second kappa shape index (κ2) is 6.48. The second-order valence-electron chi connectivity index (χ2n) is 4.62. The lowest BCUT2D eigenvalue weighted by molar-refractivity contribution is 0.191. The molecule has 2 N–H and O–H groups in total. The second-order valence-corrected chi connectivity index (χ2v) is 4.62. The lowest BCUT2D eigenvalue weighted by Crippen LogP contribution is -2.12. The zero-order chi connectivity index (χ0) is 14.5. The summed E-state index contributed by atoms with van der Waals surface area (Å²) in [7, 11) is 0. The molecule has 20 heavy (non-hydrogen) atoms. The van der Waals surface area contributed by atoms with Crippen LogP contribution in [0.5, 0.6) is 0 Å². The molecule has 0 saturated heterocycles. The van der Waals surface area contributed by atoms with Crippen molar-refractivity contribution in [3.8, 4) is 0 Å². The molecule has 0 saturated carbocycles. The Bertz CT molecular complexity index is 569. The molecule has 4 heteroatoms. The van der Waals surface area contributed by atoms with Crippen LogP contribution >= 0.6 is 0 Å². The van der Waals surface area contributed by atoms with Crippen LogP contribution in [0.2, 0.25) is 0 Å². The molecule has 2 aromatic rings. The first-order chi connectivity index (χ1) is 9.60. The van der Waals surface area contributed by atoms with Crippen molar-refractivity contribution in [3.63, 3.8) is 0 Å². The van der Waals surface area contributed by atoms with E-state index in [0.29, 0.717) is 5.56 Å². The molecular weight excluding hydrogens is 260 g/mol. The molecular formula is C16H17F2NO. The van der Waals surface area contributed by atoms with Gasteiger partial charge in [-0.1, -0.05) is 25.1 Å². The first-order valence-corrected chi connectivity index (χ1v) is 6.56. The van der Waals surface area contributed by atoms with E-state index in [4.69, 9.17) is 0 Å². The van der Waals surface area contributed by atoms with Crippen LogP contribution in [-0.2, 0) is 6.42 Å². The maximum absolute atomic E-state index is 13.1. The molecule has 0 fully saturated rings. The number of hydrogen-bond acceptors (Lipinski definition) is 2. The molecule has 0 bridgehead atoms. The zero-order valence-electron chi connectivity index (χ0n) is 11.2. The van der Waals surface area contributed by atoms with Gasteiger partial charge in [-0.15, -0.1) is 0 Å². The molecule has 0 amide bonds. The van der Waals surface area contributed by atoms with Crippen molar-refractivity contribution in [2.45, 2.75) is 19.4 Å². The summed E-state index contributed by atoms with van der Waals surface area (Å²) in [4.78, 5) is 0. The van der Waals surface area contributed by atoms with Crippen LogP contribution in [-0.4, -0.2) is 11.7 Å². The molecule has 2 nitrogen and oxygen atoms in total. The third-order valence-corrected chi connectivity index (χ3v) is 3.19. The van der Waals surface area contributed by atoms with Crippen molar-refractivity contribution in [3.05, 3.63) is 65.2 Å². The van der Waals surface area contributed by atoms with Gasteiger partial charge in [0.1, 0.15) is 0 Å². The van der Waals surface area contributed by atoms with Crippen LogP contribution in [0.3, 0.4) is 0 Å². The fourth-order valence-corrected chi connectivity index (χ4v) is 1.91. The molecule has 0 aliphatic carbocycles. The van der Waals surface area contributed by atoms with Gasteiger partial charge in [0.25, 0.3) is 0 Å². The van der Waals surface area contributed by atoms with Gasteiger partial charge >= 0.3 is 0 Å². The summed E-state index contributed by atoms with van der Waals surface area (Å²) < 4.78 is 25.9. The molecule has 2 rings (SSSR count).